The van der Waals surface area contributed by atoms with Crippen molar-refractivity contribution in [3.05, 3.63) is 60.0 Å². The first-order valence-corrected chi connectivity index (χ1v) is 8.86. The van der Waals surface area contributed by atoms with Crippen molar-refractivity contribution in [2.45, 2.75) is 26.1 Å². The molecule has 1 aromatic carbocycles. The number of hydrogen-bond acceptors (Lipinski definition) is 6. The summed E-state index contributed by atoms with van der Waals surface area (Å²) in [6, 6.07) is 8.82. The molecule has 2 aromatic heterocycles. The van der Waals surface area contributed by atoms with Crippen molar-refractivity contribution in [2.75, 3.05) is 10.6 Å². The number of nitrogens with one attached hydrogen (secondary N) is 2. The molecule has 0 radical (unpaired) electrons. The lowest BCUT2D eigenvalue weighted by atomic mass is 10.0. The van der Waals surface area contributed by atoms with Gasteiger partial charge in [0.2, 0.25) is 5.95 Å². The number of anilines is 3. The minimum Gasteiger partial charge on any atom is -0.480 e. The third-order valence-electron chi connectivity index (χ3n) is 4.11. The molecule has 156 valence electrons. The highest BCUT2D eigenvalue weighted by atomic mass is 19.4. The van der Waals surface area contributed by atoms with Crippen LogP contribution < -0.4 is 10.6 Å². The van der Waals surface area contributed by atoms with Crippen molar-refractivity contribution in [1.29, 1.82) is 0 Å². The van der Waals surface area contributed by atoms with E-state index in [1.54, 1.807) is 30.5 Å². The number of aromatic nitrogens is 3. The zero-order valence-electron chi connectivity index (χ0n) is 16.0. The Morgan fingerprint density at radius 2 is 1.87 bits per heavy atom. The minimum atomic E-state index is -4.56. The first kappa shape index (κ1) is 21.0. The Hall–Kier alpha value is -3.69. The normalized spacial score (nSPS) is 12.3. The minimum absolute atomic E-state index is 0.165. The highest BCUT2D eigenvalue weighted by Gasteiger charge is 2.32. The van der Waals surface area contributed by atoms with Crippen molar-refractivity contribution >= 4 is 23.4 Å². The van der Waals surface area contributed by atoms with Gasteiger partial charge in [-0.15, -0.1) is 0 Å². The van der Waals surface area contributed by atoms with Crippen molar-refractivity contribution in [2.24, 2.45) is 0 Å². The average Bonchev–Trinajstić information content (AvgIpc) is 2.67. The Balaban J connectivity index is 1.83. The Morgan fingerprint density at radius 3 is 2.50 bits per heavy atom. The lowest BCUT2D eigenvalue weighted by Crippen LogP contribution is -2.25. The van der Waals surface area contributed by atoms with E-state index >= 15 is 0 Å². The molecule has 1 atom stereocenters. The van der Waals surface area contributed by atoms with Gasteiger partial charge >= 0.3 is 12.1 Å². The number of carboxylic acids is 1. The van der Waals surface area contributed by atoms with Gasteiger partial charge < -0.3 is 15.7 Å². The molecule has 3 N–H and O–H groups in total. The van der Waals surface area contributed by atoms with Gasteiger partial charge in [-0.25, -0.2) is 15.0 Å². The molecule has 0 aliphatic heterocycles. The molecule has 0 fully saturated rings. The Kier molecular flexibility index (Phi) is 5.86. The van der Waals surface area contributed by atoms with E-state index in [1.165, 1.54) is 6.92 Å². The highest BCUT2D eigenvalue weighted by molar-refractivity contribution is 5.76. The summed E-state index contributed by atoms with van der Waals surface area (Å²) in [4.78, 5) is 22.5. The Labute approximate surface area is 170 Å². The fourth-order valence-corrected chi connectivity index (χ4v) is 2.66. The van der Waals surface area contributed by atoms with Crippen LogP contribution in [0, 0.1) is 6.92 Å². The number of halogens is 3. The molecule has 2 heterocycles. The van der Waals surface area contributed by atoms with E-state index < -0.39 is 23.9 Å². The van der Waals surface area contributed by atoms with Crippen LogP contribution in [-0.2, 0) is 11.0 Å². The number of aryl methyl sites for hydroxylation is 1. The summed E-state index contributed by atoms with van der Waals surface area (Å²) in [7, 11) is 0. The van der Waals surface area contributed by atoms with Gasteiger partial charge in [0.1, 0.15) is 17.6 Å². The van der Waals surface area contributed by atoms with Crippen molar-refractivity contribution in [1.82, 2.24) is 15.0 Å². The maximum atomic E-state index is 12.8. The third-order valence-corrected chi connectivity index (χ3v) is 4.11. The van der Waals surface area contributed by atoms with Crippen LogP contribution >= 0.6 is 0 Å². The van der Waals surface area contributed by atoms with Crippen LogP contribution in [0.25, 0.3) is 11.1 Å². The summed E-state index contributed by atoms with van der Waals surface area (Å²) in [5.41, 5.74) is 1.88. The van der Waals surface area contributed by atoms with Gasteiger partial charge in [-0.1, -0.05) is 6.07 Å². The first-order chi connectivity index (χ1) is 14.1. The molecule has 7 nitrogen and oxygen atoms in total. The smallest absolute Gasteiger partial charge is 0.433 e. The number of pyridine rings is 1. The highest BCUT2D eigenvalue weighted by Crippen LogP contribution is 2.29. The maximum absolute atomic E-state index is 12.8. The number of aliphatic carboxylic acids is 1. The number of rotatable bonds is 6. The van der Waals surface area contributed by atoms with E-state index in [9.17, 15) is 18.0 Å². The quantitative estimate of drug-likeness (QED) is 0.543. The van der Waals surface area contributed by atoms with Gasteiger partial charge in [0, 0.05) is 23.6 Å². The largest absolute Gasteiger partial charge is 0.480 e. The Morgan fingerprint density at radius 1 is 1.10 bits per heavy atom. The number of benzene rings is 1. The van der Waals surface area contributed by atoms with Gasteiger partial charge in [0.25, 0.3) is 0 Å². The molecule has 0 spiro atoms. The van der Waals surface area contributed by atoms with Crippen molar-refractivity contribution in [3.8, 4) is 11.1 Å². The van der Waals surface area contributed by atoms with Crippen molar-refractivity contribution in [3.63, 3.8) is 0 Å². The van der Waals surface area contributed by atoms with Crippen LogP contribution in [0.4, 0.5) is 30.6 Å². The monoisotopic (exact) mass is 417 g/mol. The number of hydrogen-bond donors (Lipinski definition) is 3. The molecule has 0 amide bonds. The SMILES string of the molecule is Cc1cc(Nc2nccc(C(F)(F)F)n2)cc(-c2ccc(N[C@@H](C)C(=O)O)nc2)c1. The van der Waals surface area contributed by atoms with Gasteiger partial charge in [0.15, 0.2) is 0 Å². The summed E-state index contributed by atoms with van der Waals surface area (Å²) >= 11 is 0. The first-order valence-electron chi connectivity index (χ1n) is 8.86. The molecule has 0 aliphatic rings. The Bertz CT molecular complexity index is 1060. The lowest BCUT2D eigenvalue weighted by Gasteiger charge is -2.12. The van der Waals surface area contributed by atoms with E-state index in [4.69, 9.17) is 5.11 Å². The summed E-state index contributed by atoms with van der Waals surface area (Å²) in [5.74, 6) is -0.745. The molecule has 0 saturated heterocycles. The molecule has 0 unspecified atom stereocenters. The van der Waals surface area contributed by atoms with E-state index in [0.717, 1.165) is 29.0 Å². The number of carboxylic acid groups (broad SMARTS) is 1. The van der Waals surface area contributed by atoms with Crippen molar-refractivity contribution < 1.29 is 23.1 Å². The summed E-state index contributed by atoms with van der Waals surface area (Å²) in [6.45, 7) is 3.35. The van der Waals surface area contributed by atoms with E-state index in [2.05, 4.69) is 25.6 Å². The molecule has 10 heteroatoms. The molecule has 30 heavy (non-hydrogen) atoms. The van der Waals surface area contributed by atoms with Crippen LogP contribution in [0.2, 0.25) is 0 Å². The van der Waals surface area contributed by atoms with E-state index in [0.29, 0.717) is 11.5 Å². The summed E-state index contributed by atoms with van der Waals surface area (Å²) in [6.07, 6.45) is -1.93. The second-order valence-corrected chi connectivity index (χ2v) is 6.61. The molecule has 0 bridgehead atoms. The lowest BCUT2D eigenvalue weighted by molar-refractivity contribution is -0.141. The fraction of sp³-hybridized carbons (Fsp3) is 0.200. The number of alkyl halides is 3. The predicted molar refractivity (Wildman–Crippen MR) is 105 cm³/mol. The molecule has 3 rings (SSSR count). The second kappa shape index (κ2) is 8.36. The van der Waals surface area contributed by atoms with Gasteiger partial charge in [0.05, 0.1) is 0 Å². The van der Waals surface area contributed by atoms with E-state index in [1.807, 2.05) is 13.0 Å². The molecule has 0 aliphatic carbocycles. The summed E-state index contributed by atoms with van der Waals surface area (Å²) < 4.78 is 38.5. The van der Waals surface area contributed by atoms with Crippen LogP contribution in [0.5, 0.6) is 0 Å². The van der Waals surface area contributed by atoms with Crippen LogP contribution in [-0.4, -0.2) is 32.1 Å². The topological polar surface area (TPSA) is 100 Å². The van der Waals surface area contributed by atoms with Gasteiger partial charge in [-0.2, -0.15) is 13.2 Å². The van der Waals surface area contributed by atoms with Crippen LogP contribution in [0.15, 0.2) is 48.8 Å². The maximum Gasteiger partial charge on any atom is 0.433 e. The summed E-state index contributed by atoms with van der Waals surface area (Å²) in [5, 5.41) is 14.5. The standard InChI is InChI=1S/C20H18F3N5O2/c1-11-7-14(13-3-4-17(25-10-13)26-12(2)18(29)30)9-15(8-11)27-19-24-6-5-16(28-19)20(21,22)23/h3-10,12H,1-2H3,(H,25,26)(H,29,30)(H,24,27,28)/t12-/m0/s1. The van der Waals surface area contributed by atoms with Crippen LogP contribution in [0.1, 0.15) is 18.2 Å². The zero-order chi connectivity index (χ0) is 21.9. The molecular formula is C20H18F3N5O2. The number of carbonyl (C=O) groups is 1. The second-order valence-electron chi connectivity index (χ2n) is 6.61. The fourth-order valence-electron chi connectivity index (χ4n) is 2.66. The molecular weight excluding hydrogens is 399 g/mol. The van der Waals surface area contributed by atoms with E-state index in [-0.39, 0.29) is 5.95 Å². The average molecular weight is 417 g/mol. The van der Waals surface area contributed by atoms with Crippen LogP contribution in [0.3, 0.4) is 0 Å². The molecule has 0 saturated carbocycles. The zero-order valence-corrected chi connectivity index (χ0v) is 16.0. The number of nitrogens with zero attached hydrogens (tertiary/aromatic N) is 3. The third kappa shape index (κ3) is 5.22. The van der Waals surface area contributed by atoms with Gasteiger partial charge in [-0.3, -0.25) is 4.79 Å². The predicted octanol–water partition coefficient (Wildman–Crippen LogP) is 4.49. The van der Waals surface area contributed by atoms with Gasteiger partial charge in [-0.05, 0) is 55.3 Å². The molecule has 3 aromatic rings.